The first-order valence-corrected chi connectivity index (χ1v) is 7.06. The number of aliphatic imine (C=N–C) groups is 1. The van der Waals surface area contributed by atoms with Crippen LogP contribution in [-0.2, 0) is 5.54 Å². The van der Waals surface area contributed by atoms with Crippen LogP contribution in [0.3, 0.4) is 0 Å². The quantitative estimate of drug-likeness (QED) is 0.736. The Morgan fingerprint density at radius 1 is 1.45 bits per heavy atom. The molecule has 0 amide bonds. The molecule has 0 bridgehead atoms. The Morgan fingerprint density at radius 3 is 2.85 bits per heavy atom. The van der Waals surface area contributed by atoms with Crippen LogP contribution < -0.4 is 11.5 Å². The molecule has 0 saturated heterocycles. The first kappa shape index (κ1) is 13.6. The summed E-state index contributed by atoms with van der Waals surface area (Å²) in [4.78, 5) is 4.20. The molecule has 0 radical (unpaired) electrons. The van der Waals surface area contributed by atoms with Crippen molar-refractivity contribution >= 4 is 22.6 Å². The van der Waals surface area contributed by atoms with E-state index in [9.17, 15) is 13.9 Å². The lowest BCUT2D eigenvalue weighted by molar-refractivity contribution is 0.231. The molecule has 3 atom stereocenters. The monoisotopic (exact) mass is 299 g/mol. The van der Waals surface area contributed by atoms with Crippen molar-refractivity contribution in [3.63, 3.8) is 0 Å². The molecular weight excluding hydrogens is 284 g/mol. The molecule has 1 fully saturated rings. The van der Waals surface area contributed by atoms with E-state index in [0.29, 0.717) is 12.1 Å². The summed E-state index contributed by atoms with van der Waals surface area (Å²) in [6, 6.07) is 4.03. The van der Waals surface area contributed by atoms with Crippen LogP contribution in [0.5, 0.6) is 0 Å². The molecule has 1 aliphatic heterocycles. The normalized spacial score (nSPS) is 35.4. The van der Waals surface area contributed by atoms with Gasteiger partial charge in [0.2, 0.25) is 0 Å². The third-order valence-corrected chi connectivity index (χ3v) is 5.43. The summed E-state index contributed by atoms with van der Waals surface area (Å²) in [6.45, 7) is -1.01. The SMILES string of the molecule is NC1=N[C@](CF)(c2cc(N)ccc2F)[C@@H]2C[C@@]2(CO)S1. The Balaban J connectivity index is 2.17. The molecule has 7 heteroatoms. The number of rotatable bonds is 3. The second kappa shape index (κ2) is 4.33. The molecule has 4 nitrogen and oxygen atoms in total. The zero-order valence-electron chi connectivity index (χ0n) is 10.6. The maximum absolute atomic E-state index is 14.1. The maximum Gasteiger partial charge on any atom is 0.155 e. The van der Waals surface area contributed by atoms with E-state index in [1.165, 1.54) is 30.0 Å². The number of aliphatic hydroxyl groups is 1. The van der Waals surface area contributed by atoms with Crippen molar-refractivity contribution in [3.05, 3.63) is 29.6 Å². The third-order valence-electron chi connectivity index (χ3n) is 4.15. The van der Waals surface area contributed by atoms with Crippen molar-refractivity contribution in [2.45, 2.75) is 16.7 Å². The predicted molar refractivity (Wildman–Crippen MR) is 75.6 cm³/mol. The lowest BCUT2D eigenvalue weighted by Gasteiger charge is -2.34. The topological polar surface area (TPSA) is 84.6 Å². The van der Waals surface area contributed by atoms with Gasteiger partial charge in [-0.15, -0.1) is 0 Å². The largest absolute Gasteiger partial charge is 0.399 e. The second-order valence-electron chi connectivity index (χ2n) is 5.33. The summed E-state index contributed by atoms with van der Waals surface area (Å²) >= 11 is 1.24. The number of amidine groups is 1. The van der Waals surface area contributed by atoms with Gasteiger partial charge in [0.25, 0.3) is 0 Å². The molecule has 2 aliphatic rings. The van der Waals surface area contributed by atoms with Gasteiger partial charge in [-0.2, -0.15) is 0 Å². The number of nitrogens with two attached hydrogens (primary N) is 2. The van der Waals surface area contributed by atoms with Crippen LogP contribution in [0.15, 0.2) is 23.2 Å². The highest BCUT2D eigenvalue weighted by Crippen LogP contribution is 2.65. The zero-order chi connectivity index (χ0) is 14.5. The number of benzene rings is 1. The van der Waals surface area contributed by atoms with Crippen molar-refractivity contribution in [1.29, 1.82) is 0 Å². The van der Waals surface area contributed by atoms with Crippen LogP contribution in [0, 0.1) is 11.7 Å². The minimum atomic E-state index is -1.38. The molecule has 0 aromatic heterocycles. The number of thioether (sulfide) groups is 1. The van der Waals surface area contributed by atoms with E-state index < -0.39 is 22.8 Å². The number of nitrogen functional groups attached to an aromatic ring is 1. The number of hydrogen-bond acceptors (Lipinski definition) is 5. The lowest BCUT2D eigenvalue weighted by Crippen LogP contribution is -2.41. The van der Waals surface area contributed by atoms with Crippen LogP contribution in [0.1, 0.15) is 12.0 Å². The van der Waals surface area contributed by atoms with Crippen LogP contribution >= 0.6 is 11.8 Å². The smallest absolute Gasteiger partial charge is 0.155 e. The van der Waals surface area contributed by atoms with Crippen LogP contribution in [-0.4, -0.2) is 28.3 Å². The van der Waals surface area contributed by atoms with E-state index in [1.807, 2.05) is 0 Å². The summed E-state index contributed by atoms with van der Waals surface area (Å²) < 4.78 is 27.4. The Morgan fingerprint density at radius 2 is 2.20 bits per heavy atom. The van der Waals surface area contributed by atoms with Crippen LogP contribution in [0.4, 0.5) is 14.5 Å². The number of aliphatic hydroxyl groups excluding tert-OH is 1. The molecule has 108 valence electrons. The average Bonchev–Trinajstić information content (AvgIpc) is 3.16. The molecule has 1 saturated carbocycles. The highest BCUT2D eigenvalue weighted by atomic mass is 32.2. The molecule has 1 aromatic rings. The van der Waals surface area contributed by atoms with Crippen LogP contribution in [0.2, 0.25) is 0 Å². The minimum Gasteiger partial charge on any atom is -0.399 e. The maximum atomic E-state index is 14.1. The van der Waals surface area contributed by atoms with Crippen molar-refractivity contribution in [3.8, 4) is 0 Å². The van der Waals surface area contributed by atoms with Gasteiger partial charge in [-0.3, -0.25) is 0 Å². The first-order valence-electron chi connectivity index (χ1n) is 6.24. The molecular formula is C13H15F2N3OS. The zero-order valence-corrected chi connectivity index (χ0v) is 11.5. The van der Waals surface area contributed by atoms with Crippen molar-refractivity contribution in [2.75, 3.05) is 19.0 Å². The number of alkyl halides is 1. The van der Waals surface area contributed by atoms with Gasteiger partial charge in [0, 0.05) is 17.2 Å². The van der Waals surface area contributed by atoms with Gasteiger partial charge in [0.15, 0.2) is 5.17 Å². The third kappa shape index (κ3) is 1.73. The molecule has 1 aromatic carbocycles. The molecule has 1 heterocycles. The van der Waals surface area contributed by atoms with Crippen molar-refractivity contribution < 1.29 is 13.9 Å². The van der Waals surface area contributed by atoms with Gasteiger partial charge in [-0.25, -0.2) is 13.8 Å². The van der Waals surface area contributed by atoms with Gasteiger partial charge in [0.1, 0.15) is 18.0 Å². The Hall–Kier alpha value is -1.34. The molecule has 3 rings (SSSR count). The fourth-order valence-corrected chi connectivity index (χ4v) is 4.31. The Bertz CT molecular complexity index is 597. The summed E-state index contributed by atoms with van der Waals surface area (Å²) in [5, 5.41) is 9.71. The number of fused-ring (bicyclic) bond motifs is 1. The van der Waals surface area contributed by atoms with Gasteiger partial charge in [-0.1, -0.05) is 11.8 Å². The van der Waals surface area contributed by atoms with E-state index in [4.69, 9.17) is 11.5 Å². The minimum absolute atomic E-state index is 0.114. The summed E-state index contributed by atoms with van der Waals surface area (Å²) in [6.07, 6.45) is 0.552. The Labute approximate surface area is 119 Å². The van der Waals surface area contributed by atoms with Crippen molar-refractivity contribution in [2.24, 2.45) is 16.6 Å². The van der Waals surface area contributed by atoms with Gasteiger partial charge in [-0.05, 0) is 24.6 Å². The first-order chi connectivity index (χ1) is 9.47. The fraction of sp³-hybridized carbons (Fsp3) is 0.462. The summed E-state index contributed by atoms with van der Waals surface area (Å²) in [5.74, 6) is -0.836. The lowest BCUT2D eigenvalue weighted by atomic mass is 9.84. The van der Waals surface area contributed by atoms with E-state index >= 15 is 0 Å². The highest BCUT2D eigenvalue weighted by molar-refractivity contribution is 8.15. The van der Waals surface area contributed by atoms with Gasteiger partial charge < -0.3 is 16.6 Å². The number of hydrogen-bond donors (Lipinski definition) is 3. The fourth-order valence-electron chi connectivity index (χ4n) is 3.03. The van der Waals surface area contributed by atoms with Crippen LogP contribution in [0.25, 0.3) is 0 Å². The average molecular weight is 299 g/mol. The molecule has 5 N–H and O–H groups in total. The molecule has 1 aliphatic carbocycles. The number of nitrogens with zero attached hydrogens (tertiary/aromatic N) is 1. The summed E-state index contributed by atoms with van der Waals surface area (Å²) in [5.41, 5.74) is 10.5. The van der Waals surface area contributed by atoms with Gasteiger partial charge >= 0.3 is 0 Å². The standard InChI is InChI=1S/C13H15F2N3OS/c14-5-13(8-3-7(16)1-2-9(8)15)10-4-12(10,6-19)20-11(17)18-13/h1-3,10,19H,4-6,16H2,(H2,17,18)/t10-,12+,13-/m1/s1. The molecule has 0 spiro atoms. The van der Waals surface area contributed by atoms with Gasteiger partial charge in [0.05, 0.1) is 11.4 Å². The highest BCUT2D eigenvalue weighted by Gasteiger charge is 2.68. The number of halogens is 2. The van der Waals surface area contributed by atoms with E-state index in [2.05, 4.69) is 4.99 Å². The van der Waals surface area contributed by atoms with E-state index in [1.54, 1.807) is 0 Å². The second-order valence-corrected chi connectivity index (χ2v) is 6.76. The molecule has 20 heavy (non-hydrogen) atoms. The summed E-state index contributed by atoms with van der Waals surface area (Å²) in [7, 11) is 0. The van der Waals surface area contributed by atoms with E-state index in [-0.39, 0.29) is 23.3 Å². The van der Waals surface area contributed by atoms with Crippen molar-refractivity contribution in [1.82, 2.24) is 0 Å². The Kier molecular flexibility index (Phi) is 2.95. The van der Waals surface area contributed by atoms with E-state index in [0.717, 1.165) is 0 Å². The predicted octanol–water partition coefficient (Wildman–Crippen LogP) is 1.39. The molecule has 0 unspecified atom stereocenters. The number of anilines is 1.